The summed E-state index contributed by atoms with van der Waals surface area (Å²) < 4.78 is 5.67. The average molecular weight is 385 g/mol. The molecule has 1 N–H and O–H groups in total. The number of aliphatic hydroxyl groups is 1. The molecule has 0 unspecified atom stereocenters. The number of carbonyl (C=O) groups excluding carboxylic acids is 1. The Labute approximate surface area is 167 Å². The Kier molecular flexibility index (Phi) is 6.02. The lowest BCUT2D eigenvalue weighted by molar-refractivity contribution is -0.134. The second kappa shape index (κ2) is 8.66. The van der Waals surface area contributed by atoms with Crippen molar-refractivity contribution in [3.05, 3.63) is 35.6 Å². The van der Waals surface area contributed by atoms with Crippen LogP contribution in [0.4, 0.5) is 0 Å². The molecule has 0 bridgehead atoms. The first-order chi connectivity index (χ1) is 13.7. The Morgan fingerprint density at radius 1 is 1.21 bits per heavy atom. The molecule has 2 saturated heterocycles. The quantitative estimate of drug-likeness (QED) is 0.832. The monoisotopic (exact) mass is 384 g/mol. The molecular formula is C23H32N2O3. The average Bonchev–Trinajstić information content (AvgIpc) is 3.37. The van der Waals surface area contributed by atoms with Crippen LogP contribution in [0.2, 0.25) is 0 Å². The topological polar surface area (TPSA) is 56.9 Å². The van der Waals surface area contributed by atoms with Crippen LogP contribution in [0.25, 0.3) is 11.0 Å². The van der Waals surface area contributed by atoms with E-state index in [1.807, 2.05) is 11.0 Å². The van der Waals surface area contributed by atoms with Gasteiger partial charge in [-0.05, 0) is 68.3 Å². The van der Waals surface area contributed by atoms with Gasteiger partial charge in [-0.3, -0.25) is 4.79 Å². The minimum Gasteiger partial charge on any atom is -0.464 e. The van der Waals surface area contributed by atoms with Crippen LogP contribution in [0.5, 0.6) is 0 Å². The van der Waals surface area contributed by atoms with E-state index in [1.54, 1.807) is 6.26 Å². The van der Waals surface area contributed by atoms with Crippen LogP contribution in [0.15, 0.2) is 28.9 Å². The molecule has 2 aliphatic rings. The van der Waals surface area contributed by atoms with Gasteiger partial charge in [0.05, 0.1) is 12.7 Å². The third kappa shape index (κ3) is 4.26. The second-order valence-electron chi connectivity index (χ2n) is 8.58. The molecule has 152 valence electrons. The fourth-order valence-corrected chi connectivity index (χ4v) is 4.88. The van der Waals surface area contributed by atoms with E-state index in [0.29, 0.717) is 18.9 Å². The van der Waals surface area contributed by atoms with Crippen molar-refractivity contribution in [3.8, 4) is 0 Å². The van der Waals surface area contributed by atoms with Crippen molar-refractivity contribution in [2.45, 2.75) is 39.0 Å². The summed E-state index contributed by atoms with van der Waals surface area (Å²) >= 11 is 0. The maximum Gasteiger partial charge on any atom is 0.227 e. The van der Waals surface area contributed by atoms with Gasteiger partial charge in [0, 0.05) is 37.2 Å². The van der Waals surface area contributed by atoms with Crippen molar-refractivity contribution < 1.29 is 14.3 Å². The predicted molar refractivity (Wildman–Crippen MR) is 110 cm³/mol. The number of aliphatic hydroxyl groups excluding tert-OH is 1. The summed E-state index contributed by atoms with van der Waals surface area (Å²) in [6.45, 7) is 7.17. The largest absolute Gasteiger partial charge is 0.464 e. The molecule has 5 nitrogen and oxygen atoms in total. The molecule has 5 heteroatoms. The van der Waals surface area contributed by atoms with Crippen molar-refractivity contribution >= 4 is 16.9 Å². The Bertz CT molecular complexity index is 809. The molecule has 1 amide bonds. The number of piperidine rings is 1. The highest BCUT2D eigenvalue weighted by Crippen LogP contribution is 2.27. The molecule has 4 rings (SSSR count). The number of likely N-dealkylation sites (tertiary alicyclic amines) is 2. The number of hydrogen-bond acceptors (Lipinski definition) is 4. The molecule has 28 heavy (non-hydrogen) atoms. The Morgan fingerprint density at radius 3 is 2.75 bits per heavy atom. The predicted octanol–water partition coefficient (Wildman–Crippen LogP) is 3.09. The van der Waals surface area contributed by atoms with Crippen molar-refractivity contribution in [2.24, 2.45) is 11.8 Å². The zero-order chi connectivity index (χ0) is 19.5. The van der Waals surface area contributed by atoms with Gasteiger partial charge in [0.25, 0.3) is 0 Å². The Morgan fingerprint density at radius 2 is 2.00 bits per heavy atom. The van der Waals surface area contributed by atoms with Crippen LogP contribution in [-0.4, -0.2) is 60.1 Å². The molecule has 1 aromatic carbocycles. The van der Waals surface area contributed by atoms with Gasteiger partial charge >= 0.3 is 0 Å². The second-order valence-corrected chi connectivity index (χ2v) is 8.58. The molecule has 0 radical (unpaired) electrons. The number of aryl methyl sites for hydroxylation is 1. The van der Waals surface area contributed by atoms with Gasteiger partial charge in [-0.15, -0.1) is 0 Å². The maximum absolute atomic E-state index is 13.1. The number of fused-ring (bicyclic) bond motifs is 1. The van der Waals surface area contributed by atoms with E-state index in [4.69, 9.17) is 4.42 Å². The number of furan rings is 1. The number of benzene rings is 1. The fourth-order valence-electron chi connectivity index (χ4n) is 4.88. The van der Waals surface area contributed by atoms with Gasteiger partial charge in [0.2, 0.25) is 5.91 Å². The molecule has 1 aromatic heterocycles. The Balaban J connectivity index is 1.45. The van der Waals surface area contributed by atoms with Crippen LogP contribution >= 0.6 is 0 Å². The molecule has 0 spiro atoms. The molecular weight excluding hydrogens is 352 g/mol. The van der Waals surface area contributed by atoms with Crippen LogP contribution in [0, 0.1) is 11.8 Å². The van der Waals surface area contributed by atoms with Gasteiger partial charge in [-0.2, -0.15) is 0 Å². The number of carbonyl (C=O) groups is 1. The molecule has 0 aliphatic carbocycles. The number of amides is 1. The van der Waals surface area contributed by atoms with Crippen LogP contribution in [0.1, 0.15) is 37.3 Å². The first-order valence-corrected chi connectivity index (χ1v) is 10.8. The van der Waals surface area contributed by atoms with E-state index in [1.165, 1.54) is 31.5 Å². The molecule has 2 atom stereocenters. The van der Waals surface area contributed by atoms with E-state index in [-0.39, 0.29) is 18.4 Å². The van der Waals surface area contributed by atoms with E-state index in [0.717, 1.165) is 42.5 Å². The minimum atomic E-state index is 0.147. The van der Waals surface area contributed by atoms with Crippen molar-refractivity contribution in [1.82, 2.24) is 9.80 Å². The number of nitrogens with zero attached hydrogens (tertiary/aromatic N) is 2. The maximum atomic E-state index is 13.1. The SMILES string of the molecule is CCc1ccc2occ(CC(=O)N3C[C@H](CO)C[C@H](CN4CCCC4)C3)c2c1. The summed E-state index contributed by atoms with van der Waals surface area (Å²) in [5.74, 6) is 0.799. The number of hydrogen-bond donors (Lipinski definition) is 1. The van der Waals surface area contributed by atoms with E-state index in [2.05, 4.69) is 24.0 Å². The lowest BCUT2D eigenvalue weighted by atomic mass is 9.89. The van der Waals surface area contributed by atoms with Gasteiger partial charge in [-0.1, -0.05) is 13.0 Å². The van der Waals surface area contributed by atoms with Gasteiger partial charge in [0.1, 0.15) is 5.58 Å². The summed E-state index contributed by atoms with van der Waals surface area (Å²) in [5, 5.41) is 10.8. The lowest BCUT2D eigenvalue weighted by Gasteiger charge is -2.38. The zero-order valence-electron chi connectivity index (χ0n) is 16.9. The Hall–Kier alpha value is -1.85. The van der Waals surface area contributed by atoms with E-state index < -0.39 is 0 Å². The fraction of sp³-hybridized carbons (Fsp3) is 0.609. The van der Waals surface area contributed by atoms with Gasteiger partial charge < -0.3 is 19.3 Å². The zero-order valence-corrected chi connectivity index (χ0v) is 16.9. The first kappa shape index (κ1) is 19.5. The highest BCUT2D eigenvalue weighted by Gasteiger charge is 2.31. The summed E-state index contributed by atoms with van der Waals surface area (Å²) in [7, 11) is 0. The van der Waals surface area contributed by atoms with Crippen molar-refractivity contribution in [3.63, 3.8) is 0 Å². The molecule has 0 saturated carbocycles. The summed E-state index contributed by atoms with van der Waals surface area (Å²) in [5.41, 5.74) is 3.07. The third-order valence-corrected chi connectivity index (χ3v) is 6.42. The summed E-state index contributed by atoms with van der Waals surface area (Å²) in [6, 6.07) is 6.22. The summed E-state index contributed by atoms with van der Waals surface area (Å²) in [4.78, 5) is 17.6. The standard InChI is InChI=1S/C23H32N2O3/c1-2-17-5-6-22-21(10-17)20(16-28-22)11-23(27)25-13-18(9-19(14-25)15-26)12-24-7-3-4-8-24/h5-6,10,16,18-19,26H,2-4,7-9,11-15H2,1H3/t18-,19-/m1/s1. The van der Waals surface area contributed by atoms with Gasteiger partial charge in [0.15, 0.2) is 0 Å². The summed E-state index contributed by atoms with van der Waals surface area (Å²) in [6.07, 6.45) is 6.66. The van der Waals surface area contributed by atoms with Crippen LogP contribution < -0.4 is 0 Å². The first-order valence-electron chi connectivity index (χ1n) is 10.8. The minimum absolute atomic E-state index is 0.147. The molecule has 3 heterocycles. The smallest absolute Gasteiger partial charge is 0.227 e. The molecule has 2 aliphatic heterocycles. The highest BCUT2D eigenvalue weighted by molar-refractivity contribution is 5.88. The molecule has 2 fully saturated rings. The normalized spacial score (nSPS) is 23.6. The van der Waals surface area contributed by atoms with Crippen molar-refractivity contribution in [2.75, 3.05) is 39.3 Å². The van der Waals surface area contributed by atoms with Gasteiger partial charge in [-0.25, -0.2) is 0 Å². The van der Waals surface area contributed by atoms with Crippen LogP contribution in [0.3, 0.4) is 0 Å². The van der Waals surface area contributed by atoms with Crippen molar-refractivity contribution in [1.29, 1.82) is 0 Å². The highest BCUT2D eigenvalue weighted by atomic mass is 16.3. The molecule has 2 aromatic rings. The third-order valence-electron chi connectivity index (χ3n) is 6.42. The van der Waals surface area contributed by atoms with E-state index >= 15 is 0 Å². The van der Waals surface area contributed by atoms with E-state index in [9.17, 15) is 9.90 Å². The number of rotatable bonds is 6. The van der Waals surface area contributed by atoms with Crippen LogP contribution in [-0.2, 0) is 17.6 Å². The lowest BCUT2D eigenvalue weighted by Crippen LogP contribution is -2.48.